The van der Waals surface area contributed by atoms with E-state index in [1.165, 1.54) is 24.0 Å². The van der Waals surface area contributed by atoms with Crippen molar-refractivity contribution < 1.29 is 32.6 Å². The molecule has 4 fully saturated rings. The second kappa shape index (κ2) is 12.2. The number of nitrogens with zero attached hydrogens (tertiary/aromatic N) is 6. The van der Waals surface area contributed by atoms with Crippen molar-refractivity contribution in [2.45, 2.75) is 76.0 Å². The number of hydrogen-bond acceptors (Lipinski definition) is 8. The summed E-state index contributed by atoms with van der Waals surface area (Å²) in [6, 6.07) is 7.34. The van der Waals surface area contributed by atoms with Crippen molar-refractivity contribution in [3.63, 3.8) is 0 Å². The summed E-state index contributed by atoms with van der Waals surface area (Å²) in [6.45, 7) is 10.0. The largest absolute Gasteiger partial charge is 0.490 e. The first-order valence-corrected chi connectivity index (χ1v) is 15.4. The first-order valence-electron chi connectivity index (χ1n) is 15.4. The molecule has 242 valence electrons. The standard InChI is InChI=1S/C29H37N7O2.C2HF3O2/c1-19-13-22-16-30-36(25(22)14-24(19)21-4-9-34(10-5-21)23-17-38-18-23)27-15-26(31-20(2)32-27)35-11-7-29(8-12-35)6-3-28(37)33-29;3-2(4,5)1(6)7/h13-16,21,23H,3-12,17-18H2,1-2H3,(H,33,37);(H,6,7). The van der Waals surface area contributed by atoms with Crippen molar-refractivity contribution in [2.75, 3.05) is 44.3 Å². The molecule has 4 aliphatic heterocycles. The third-order valence-corrected chi connectivity index (χ3v) is 9.61. The summed E-state index contributed by atoms with van der Waals surface area (Å²) in [5, 5.41) is 16.3. The lowest BCUT2D eigenvalue weighted by Gasteiger charge is -2.41. The van der Waals surface area contributed by atoms with Crippen LogP contribution >= 0.6 is 0 Å². The average molecular weight is 630 g/mol. The van der Waals surface area contributed by atoms with Crippen LogP contribution in [0.2, 0.25) is 0 Å². The first-order chi connectivity index (χ1) is 21.4. The summed E-state index contributed by atoms with van der Waals surface area (Å²) in [6.07, 6.45) is 2.75. The van der Waals surface area contributed by atoms with Crippen LogP contribution in [0.1, 0.15) is 61.4 Å². The Balaban J connectivity index is 0.000000460. The quantitative estimate of drug-likeness (QED) is 0.442. The van der Waals surface area contributed by atoms with Gasteiger partial charge in [-0.2, -0.15) is 18.3 Å². The second-order valence-electron chi connectivity index (χ2n) is 12.6. The van der Waals surface area contributed by atoms with Crippen molar-refractivity contribution in [2.24, 2.45) is 0 Å². The van der Waals surface area contributed by atoms with Crippen LogP contribution in [-0.4, -0.2) is 98.8 Å². The van der Waals surface area contributed by atoms with Crippen LogP contribution in [0.4, 0.5) is 19.0 Å². The molecule has 2 N–H and O–H groups in total. The summed E-state index contributed by atoms with van der Waals surface area (Å²) >= 11 is 0. The van der Waals surface area contributed by atoms with Crippen molar-refractivity contribution in [3.8, 4) is 5.82 Å². The van der Waals surface area contributed by atoms with Gasteiger partial charge in [0.05, 0.1) is 31.0 Å². The van der Waals surface area contributed by atoms with Crippen LogP contribution in [0, 0.1) is 13.8 Å². The number of carboxylic acid groups (broad SMARTS) is 1. The Bertz CT molecular complexity index is 1570. The molecule has 1 aromatic carbocycles. The van der Waals surface area contributed by atoms with E-state index in [4.69, 9.17) is 29.7 Å². The van der Waals surface area contributed by atoms with E-state index in [1.54, 1.807) is 0 Å². The molecular formula is C31H38F3N7O4. The molecule has 4 aliphatic rings. The van der Waals surface area contributed by atoms with Gasteiger partial charge >= 0.3 is 12.1 Å². The molecule has 0 aliphatic carbocycles. The number of aliphatic carboxylic acids is 1. The van der Waals surface area contributed by atoms with Crippen molar-refractivity contribution in [1.29, 1.82) is 0 Å². The number of fused-ring (bicyclic) bond motifs is 1. The number of aryl methyl sites for hydroxylation is 2. The van der Waals surface area contributed by atoms with E-state index in [2.05, 4.69) is 40.2 Å². The van der Waals surface area contributed by atoms with Crippen LogP contribution in [0.5, 0.6) is 0 Å². The predicted molar refractivity (Wildman–Crippen MR) is 160 cm³/mol. The lowest BCUT2D eigenvalue weighted by atomic mass is 9.85. The summed E-state index contributed by atoms with van der Waals surface area (Å²) in [5.41, 5.74) is 3.88. The van der Waals surface area contributed by atoms with Gasteiger partial charge in [-0.3, -0.25) is 9.69 Å². The van der Waals surface area contributed by atoms with Gasteiger partial charge < -0.3 is 20.1 Å². The summed E-state index contributed by atoms with van der Waals surface area (Å²) in [5.74, 6) is 0.501. The number of benzene rings is 1. The number of likely N-dealkylation sites (tertiary alicyclic amines) is 1. The lowest BCUT2D eigenvalue weighted by Crippen LogP contribution is -2.51. The number of anilines is 1. The number of amides is 1. The number of piperidine rings is 2. The zero-order chi connectivity index (χ0) is 31.9. The second-order valence-corrected chi connectivity index (χ2v) is 12.6. The third kappa shape index (κ3) is 6.62. The van der Waals surface area contributed by atoms with E-state index >= 15 is 0 Å². The summed E-state index contributed by atoms with van der Waals surface area (Å²) in [7, 11) is 0. The molecule has 0 radical (unpaired) electrons. The molecule has 6 heterocycles. The number of carbonyl (C=O) groups is 2. The zero-order valence-electron chi connectivity index (χ0n) is 25.4. The Hall–Kier alpha value is -3.78. The SMILES string of the molecule is Cc1nc(N2CCC3(CCC(=O)N3)CC2)cc(-n2ncc3cc(C)c(C4CCN(C5COC5)CC4)cc32)n1.O=C(O)C(F)(F)F. The number of ether oxygens (including phenoxy) is 1. The smallest absolute Gasteiger partial charge is 0.475 e. The van der Waals surface area contributed by atoms with Crippen LogP contribution in [0.3, 0.4) is 0 Å². The zero-order valence-corrected chi connectivity index (χ0v) is 25.4. The van der Waals surface area contributed by atoms with E-state index in [0.717, 1.165) is 87.0 Å². The number of alkyl halides is 3. The number of halogens is 3. The summed E-state index contributed by atoms with van der Waals surface area (Å²) in [4.78, 5) is 35.3. The molecule has 1 amide bonds. The molecule has 0 unspecified atom stereocenters. The van der Waals surface area contributed by atoms with E-state index < -0.39 is 12.1 Å². The highest BCUT2D eigenvalue weighted by molar-refractivity contribution is 5.82. The maximum atomic E-state index is 11.8. The molecule has 0 saturated carbocycles. The Morgan fingerprint density at radius 1 is 1.02 bits per heavy atom. The maximum Gasteiger partial charge on any atom is 0.490 e. The highest BCUT2D eigenvalue weighted by Crippen LogP contribution is 2.36. The van der Waals surface area contributed by atoms with Crippen molar-refractivity contribution in [1.82, 2.24) is 30.0 Å². The maximum absolute atomic E-state index is 11.8. The number of aromatic nitrogens is 4. The van der Waals surface area contributed by atoms with Gasteiger partial charge in [0.2, 0.25) is 5.91 Å². The lowest BCUT2D eigenvalue weighted by molar-refractivity contribution is -0.192. The molecule has 4 saturated heterocycles. The Morgan fingerprint density at radius 2 is 1.69 bits per heavy atom. The number of carboxylic acids is 1. The fourth-order valence-corrected chi connectivity index (χ4v) is 6.96. The monoisotopic (exact) mass is 629 g/mol. The van der Waals surface area contributed by atoms with E-state index in [-0.39, 0.29) is 11.4 Å². The Morgan fingerprint density at radius 3 is 2.27 bits per heavy atom. The molecule has 0 atom stereocenters. The van der Waals surface area contributed by atoms with Crippen LogP contribution in [-0.2, 0) is 14.3 Å². The average Bonchev–Trinajstić information content (AvgIpc) is 3.54. The van der Waals surface area contributed by atoms with Gasteiger partial charge in [-0.05, 0) is 88.2 Å². The predicted octanol–water partition coefficient (Wildman–Crippen LogP) is 3.89. The van der Waals surface area contributed by atoms with Crippen LogP contribution in [0.15, 0.2) is 24.4 Å². The van der Waals surface area contributed by atoms with Crippen LogP contribution in [0.25, 0.3) is 16.7 Å². The Labute approximate surface area is 258 Å². The van der Waals surface area contributed by atoms with Gasteiger partial charge in [0.15, 0.2) is 5.82 Å². The third-order valence-electron chi connectivity index (χ3n) is 9.61. The molecule has 0 bridgehead atoms. The molecule has 1 spiro atoms. The van der Waals surface area contributed by atoms with Gasteiger partial charge in [-0.1, -0.05) is 0 Å². The minimum Gasteiger partial charge on any atom is -0.475 e. The number of carbonyl (C=O) groups excluding carboxylic acids is 1. The van der Waals surface area contributed by atoms with Crippen molar-refractivity contribution >= 4 is 28.6 Å². The van der Waals surface area contributed by atoms with E-state index in [0.29, 0.717) is 18.4 Å². The highest BCUT2D eigenvalue weighted by atomic mass is 19.4. The van der Waals surface area contributed by atoms with Gasteiger partial charge in [0.25, 0.3) is 0 Å². The van der Waals surface area contributed by atoms with Gasteiger partial charge in [-0.15, -0.1) is 0 Å². The number of nitrogens with one attached hydrogen (secondary N) is 1. The molecule has 2 aromatic heterocycles. The number of rotatable bonds is 4. The van der Waals surface area contributed by atoms with Gasteiger partial charge in [0, 0.05) is 36.5 Å². The molecule has 14 heteroatoms. The van der Waals surface area contributed by atoms with Crippen LogP contribution < -0.4 is 10.2 Å². The first kappa shape index (κ1) is 31.2. The topological polar surface area (TPSA) is 126 Å². The van der Waals surface area contributed by atoms with E-state index in [1.807, 2.05) is 17.8 Å². The fourth-order valence-electron chi connectivity index (χ4n) is 6.96. The molecule has 45 heavy (non-hydrogen) atoms. The minimum atomic E-state index is -5.08. The van der Waals surface area contributed by atoms with E-state index in [9.17, 15) is 18.0 Å². The van der Waals surface area contributed by atoms with Gasteiger partial charge in [0.1, 0.15) is 11.6 Å². The molecule has 7 rings (SSSR count). The Kier molecular flexibility index (Phi) is 8.46. The molecule has 11 nitrogen and oxygen atoms in total. The minimum absolute atomic E-state index is 0.0211. The van der Waals surface area contributed by atoms with Gasteiger partial charge in [-0.25, -0.2) is 19.4 Å². The summed E-state index contributed by atoms with van der Waals surface area (Å²) < 4.78 is 39.1. The molecular weight excluding hydrogens is 591 g/mol. The highest BCUT2D eigenvalue weighted by Gasteiger charge is 2.41. The number of hydrogen-bond donors (Lipinski definition) is 2. The normalized spacial score (nSPS) is 21.0. The molecule has 3 aromatic rings. The fraction of sp³-hybridized carbons (Fsp3) is 0.581. The van der Waals surface area contributed by atoms with Crippen molar-refractivity contribution in [3.05, 3.63) is 41.3 Å².